The molecule has 1 aliphatic carbocycles. The van der Waals surface area contributed by atoms with Crippen LogP contribution in [0.25, 0.3) is 11.3 Å². The average molecular weight is 567 g/mol. The fraction of sp³-hybridized carbons (Fsp3) is 0.500. The summed E-state index contributed by atoms with van der Waals surface area (Å²) in [6.07, 6.45) is 2.02. The number of aliphatic hydroxyl groups is 1. The van der Waals surface area contributed by atoms with Crippen LogP contribution < -0.4 is 5.32 Å². The second-order valence-electron chi connectivity index (χ2n) is 10.5. The first-order valence-corrected chi connectivity index (χ1v) is 14.3. The zero-order valence-electron chi connectivity index (χ0n) is 23.3. The van der Waals surface area contributed by atoms with E-state index >= 15 is 0 Å². The number of piperazine rings is 1. The first-order chi connectivity index (χ1) is 19.8. The second kappa shape index (κ2) is 14.1. The van der Waals surface area contributed by atoms with Gasteiger partial charge in [-0.05, 0) is 43.9 Å². The molecule has 11 nitrogen and oxygen atoms in total. The number of carbonyl (C=O) groups is 4. The van der Waals surface area contributed by atoms with Crippen LogP contribution in [0.2, 0.25) is 0 Å². The van der Waals surface area contributed by atoms with Gasteiger partial charge in [-0.25, -0.2) is 9.78 Å². The van der Waals surface area contributed by atoms with E-state index in [1.54, 1.807) is 13.0 Å². The van der Waals surface area contributed by atoms with Crippen molar-refractivity contribution in [2.45, 2.75) is 63.5 Å². The van der Waals surface area contributed by atoms with Gasteiger partial charge in [0.15, 0.2) is 0 Å². The summed E-state index contributed by atoms with van der Waals surface area (Å²) in [4.78, 5) is 58.1. The van der Waals surface area contributed by atoms with Crippen molar-refractivity contribution < 1.29 is 34.1 Å². The normalized spacial score (nSPS) is 19.8. The minimum atomic E-state index is -1.08. The fourth-order valence-electron chi connectivity index (χ4n) is 5.44. The third-order valence-corrected chi connectivity index (χ3v) is 7.68. The number of rotatable bonds is 9. The Bertz CT molecular complexity index is 1230. The first kappa shape index (κ1) is 30.0. The lowest BCUT2D eigenvalue weighted by Gasteiger charge is -2.36. The maximum Gasteiger partial charge on any atom is 0.409 e. The number of nitrogens with one attached hydrogen (secondary N) is 1. The highest BCUT2D eigenvalue weighted by Crippen LogP contribution is 2.35. The van der Waals surface area contributed by atoms with E-state index in [0.29, 0.717) is 12.1 Å². The van der Waals surface area contributed by atoms with Gasteiger partial charge >= 0.3 is 12.1 Å². The maximum atomic E-state index is 13.6. The molecule has 41 heavy (non-hydrogen) atoms. The van der Waals surface area contributed by atoms with E-state index in [2.05, 4.69) is 10.3 Å². The molecule has 2 aliphatic rings. The predicted molar refractivity (Wildman–Crippen MR) is 150 cm³/mol. The van der Waals surface area contributed by atoms with Crippen molar-refractivity contribution in [2.24, 2.45) is 0 Å². The summed E-state index contributed by atoms with van der Waals surface area (Å²) in [7, 11) is 0. The first-order valence-electron chi connectivity index (χ1n) is 14.3. The Morgan fingerprint density at radius 2 is 1.71 bits per heavy atom. The molecule has 0 radical (unpaired) electrons. The average Bonchev–Trinajstić information content (AvgIpc) is 2.99. The largest absolute Gasteiger partial charge is 0.481 e. The Morgan fingerprint density at radius 1 is 1.02 bits per heavy atom. The molecule has 1 aromatic heterocycles. The number of carboxylic acids is 1. The molecular weight excluding hydrogens is 528 g/mol. The van der Waals surface area contributed by atoms with Gasteiger partial charge in [0.05, 0.1) is 18.4 Å². The number of nitrogens with zero attached hydrogens (tertiary/aromatic N) is 3. The molecule has 0 spiro atoms. The van der Waals surface area contributed by atoms with Crippen molar-refractivity contribution in [3.05, 3.63) is 53.7 Å². The second-order valence-corrected chi connectivity index (χ2v) is 10.5. The summed E-state index contributed by atoms with van der Waals surface area (Å²) in [6, 6.07) is 11.9. The highest BCUT2D eigenvalue weighted by atomic mass is 16.6. The van der Waals surface area contributed by atoms with E-state index in [-0.39, 0.29) is 57.2 Å². The fourth-order valence-corrected chi connectivity index (χ4v) is 5.44. The van der Waals surface area contributed by atoms with Crippen LogP contribution in [0.5, 0.6) is 0 Å². The van der Waals surface area contributed by atoms with Gasteiger partial charge in [-0.2, -0.15) is 0 Å². The summed E-state index contributed by atoms with van der Waals surface area (Å²) in [5.41, 5.74) is 2.29. The van der Waals surface area contributed by atoms with E-state index in [1.165, 1.54) is 9.80 Å². The van der Waals surface area contributed by atoms with Crippen LogP contribution in [0.15, 0.2) is 42.5 Å². The van der Waals surface area contributed by atoms with Gasteiger partial charge in [0.2, 0.25) is 5.91 Å². The van der Waals surface area contributed by atoms with Gasteiger partial charge in [-0.1, -0.05) is 43.2 Å². The van der Waals surface area contributed by atoms with Crippen LogP contribution in [0.4, 0.5) is 4.79 Å². The maximum absolute atomic E-state index is 13.6. The Balaban J connectivity index is 1.56. The highest BCUT2D eigenvalue weighted by Gasteiger charge is 2.32. The standard InChI is InChI=1S/C30H38N4O7/c1-2-41-30(40)34-16-14-33(15-17-34)29(39)23(12-13-27(36)37)32-28(38)25-19-21(22-10-6-7-11-26(22)35)18-24(31-25)20-8-4-3-5-9-20/h3-5,8-9,18-19,22-23,26,35H,2,6-7,10-17H2,1H3,(H,32,38)(H,36,37)/t22?,23-,26?/m0/s1. The van der Waals surface area contributed by atoms with Crippen LogP contribution in [-0.2, 0) is 14.3 Å². The number of aliphatic carboxylic acids is 1. The van der Waals surface area contributed by atoms with E-state index in [4.69, 9.17) is 4.74 Å². The van der Waals surface area contributed by atoms with Crippen LogP contribution in [0, 0.1) is 0 Å². The SMILES string of the molecule is CCOC(=O)N1CCN(C(=O)[C@H](CCC(=O)O)NC(=O)c2cc(C3CCCCC3O)cc(-c3ccccc3)n2)CC1. The lowest BCUT2D eigenvalue weighted by molar-refractivity contribution is -0.138. The number of ether oxygens (including phenoxy) is 1. The summed E-state index contributed by atoms with van der Waals surface area (Å²) in [6.45, 7) is 3.00. The molecule has 1 aliphatic heterocycles. The molecule has 2 aromatic rings. The smallest absolute Gasteiger partial charge is 0.409 e. The minimum Gasteiger partial charge on any atom is -0.481 e. The monoisotopic (exact) mass is 566 g/mol. The Morgan fingerprint density at radius 3 is 2.37 bits per heavy atom. The molecule has 1 saturated heterocycles. The van der Waals surface area contributed by atoms with Gasteiger partial charge in [-0.3, -0.25) is 14.4 Å². The van der Waals surface area contributed by atoms with Crippen LogP contribution in [0.3, 0.4) is 0 Å². The van der Waals surface area contributed by atoms with E-state index < -0.39 is 36.0 Å². The summed E-state index contributed by atoms with van der Waals surface area (Å²) in [5.74, 6) is -2.23. The van der Waals surface area contributed by atoms with E-state index in [0.717, 1.165) is 30.4 Å². The van der Waals surface area contributed by atoms with Crippen LogP contribution in [-0.4, -0.2) is 93.8 Å². The lowest BCUT2D eigenvalue weighted by atomic mass is 9.81. The molecule has 0 bridgehead atoms. The number of aromatic nitrogens is 1. The van der Waals surface area contributed by atoms with E-state index in [1.807, 2.05) is 36.4 Å². The van der Waals surface area contributed by atoms with Gasteiger partial charge in [-0.15, -0.1) is 0 Å². The Labute approximate surface area is 239 Å². The number of aliphatic hydroxyl groups excluding tert-OH is 1. The minimum absolute atomic E-state index is 0.0927. The van der Waals surface area contributed by atoms with Crippen molar-refractivity contribution >= 4 is 23.9 Å². The van der Waals surface area contributed by atoms with Gasteiger partial charge in [0.1, 0.15) is 11.7 Å². The third kappa shape index (κ3) is 7.81. The summed E-state index contributed by atoms with van der Waals surface area (Å²) < 4.78 is 5.03. The van der Waals surface area contributed by atoms with Crippen molar-refractivity contribution in [3.8, 4) is 11.3 Å². The molecule has 3 atom stereocenters. The molecule has 2 unspecified atom stereocenters. The quantitative estimate of drug-likeness (QED) is 0.419. The Kier molecular flexibility index (Phi) is 10.3. The molecular formula is C30H38N4O7. The van der Waals surface area contributed by atoms with Gasteiger partial charge in [0, 0.05) is 44.1 Å². The molecule has 2 heterocycles. The molecule has 1 aromatic carbocycles. The molecule has 1 saturated carbocycles. The number of carboxylic acid groups (broad SMARTS) is 1. The zero-order chi connectivity index (χ0) is 29.4. The molecule has 3 N–H and O–H groups in total. The molecule has 220 valence electrons. The van der Waals surface area contributed by atoms with Crippen LogP contribution in [0.1, 0.15) is 67.4 Å². The predicted octanol–water partition coefficient (Wildman–Crippen LogP) is 3.03. The van der Waals surface area contributed by atoms with Gasteiger partial charge < -0.3 is 30.1 Å². The molecule has 11 heteroatoms. The third-order valence-electron chi connectivity index (χ3n) is 7.68. The van der Waals surface area contributed by atoms with Crippen LogP contribution >= 0.6 is 0 Å². The molecule has 4 rings (SSSR count). The Hall–Kier alpha value is -3.99. The molecule has 2 fully saturated rings. The highest BCUT2D eigenvalue weighted by molar-refractivity contribution is 5.97. The number of amides is 3. The number of carbonyl (C=O) groups excluding carboxylic acids is 3. The van der Waals surface area contributed by atoms with Crippen molar-refractivity contribution in [2.75, 3.05) is 32.8 Å². The summed E-state index contributed by atoms with van der Waals surface area (Å²) >= 11 is 0. The topological polar surface area (TPSA) is 149 Å². The number of pyridine rings is 1. The van der Waals surface area contributed by atoms with Crippen molar-refractivity contribution in [3.63, 3.8) is 0 Å². The van der Waals surface area contributed by atoms with Crippen molar-refractivity contribution in [1.82, 2.24) is 20.1 Å². The van der Waals surface area contributed by atoms with E-state index in [9.17, 15) is 29.4 Å². The number of hydrogen-bond donors (Lipinski definition) is 3. The van der Waals surface area contributed by atoms with Gasteiger partial charge in [0.25, 0.3) is 5.91 Å². The number of benzene rings is 1. The lowest BCUT2D eigenvalue weighted by Crippen LogP contribution is -2.56. The van der Waals surface area contributed by atoms with Crippen molar-refractivity contribution in [1.29, 1.82) is 0 Å². The summed E-state index contributed by atoms with van der Waals surface area (Å²) in [5, 5.41) is 22.7. The number of hydrogen-bond acceptors (Lipinski definition) is 7. The molecule has 3 amide bonds. The zero-order valence-corrected chi connectivity index (χ0v) is 23.3.